The summed E-state index contributed by atoms with van der Waals surface area (Å²) in [5.41, 5.74) is 0. The summed E-state index contributed by atoms with van der Waals surface area (Å²) in [6.07, 6.45) is 21.2. The Morgan fingerprint density at radius 1 is 0.654 bits per heavy atom. The Balaban J connectivity index is 0.00000196. The molecule has 0 bridgehead atoms. The van der Waals surface area contributed by atoms with Crippen LogP contribution in [0.4, 0.5) is 0 Å². The zero-order valence-electron chi connectivity index (χ0n) is 16.8. The molecular formula is C24H37OY-. The van der Waals surface area contributed by atoms with Crippen molar-refractivity contribution in [3.05, 3.63) is 6.42 Å². The van der Waals surface area contributed by atoms with Gasteiger partial charge in [0.25, 0.3) is 0 Å². The van der Waals surface area contributed by atoms with Crippen molar-refractivity contribution >= 4 is 0 Å². The van der Waals surface area contributed by atoms with Crippen molar-refractivity contribution < 1.29 is 37.4 Å². The third-order valence-corrected chi connectivity index (χ3v) is 7.83. The quantitative estimate of drug-likeness (QED) is 0.392. The minimum atomic E-state index is 0. The number of methoxy groups -OCH3 is 1. The molecule has 4 rings (SSSR count). The van der Waals surface area contributed by atoms with Crippen LogP contribution in [0.3, 0.4) is 0 Å². The maximum atomic E-state index is 5.45. The fourth-order valence-corrected chi connectivity index (χ4v) is 5.88. The second kappa shape index (κ2) is 10.4. The first kappa shape index (κ1) is 21.3. The van der Waals surface area contributed by atoms with Gasteiger partial charge in [-0.25, -0.2) is 0 Å². The van der Waals surface area contributed by atoms with Gasteiger partial charge in [0.15, 0.2) is 0 Å². The number of hydrogen-bond donors (Lipinski definition) is 0. The monoisotopic (exact) mass is 430 g/mol. The molecule has 4 aliphatic carbocycles. The van der Waals surface area contributed by atoms with Gasteiger partial charge in [-0.1, -0.05) is 6.42 Å². The molecule has 0 aromatic carbocycles. The molecule has 0 heterocycles. The summed E-state index contributed by atoms with van der Waals surface area (Å²) < 4.78 is 5.45. The van der Waals surface area contributed by atoms with Crippen molar-refractivity contribution in [1.29, 1.82) is 0 Å². The van der Waals surface area contributed by atoms with Crippen molar-refractivity contribution in [2.45, 2.75) is 89.6 Å². The van der Waals surface area contributed by atoms with Crippen LogP contribution in [0.1, 0.15) is 83.5 Å². The molecule has 0 aliphatic heterocycles. The van der Waals surface area contributed by atoms with Gasteiger partial charge in [-0.3, -0.25) is 0 Å². The molecule has 0 aromatic heterocycles. The molecule has 2 unspecified atom stereocenters. The van der Waals surface area contributed by atoms with E-state index in [1.165, 1.54) is 38.5 Å². The fourth-order valence-electron chi connectivity index (χ4n) is 5.88. The largest absolute Gasteiger partial charge is 0.384 e. The second-order valence-corrected chi connectivity index (χ2v) is 9.43. The molecule has 4 aliphatic rings. The van der Waals surface area contributed by atoms with Gasteiger partial charge >= 0.3 is 0 Å². The Morgan fingerprint density at radius 2 is 1.15 bits per heavy atom. The third-order valence-electron chi connectivity index (χ3n) is 7.83. The van der Waals surface area contributed by atoms with Crippen LogP contribution in [0.5, 0.6) is 0 Å². The molecule has 0 saturated heterocycles. The smallest absolute Gasteiger partial charge is 0.0357 e. The summed E-state index contributed by atoms with van der Waals surface area (Å²) in [5, 5.41) is 0. The van der Waals surface area contributed by atoms with E-state index in [2.05, 4.69) is 18.3 Å². The van der Waals surface area contributed by atoms with Crippen LogP contribution in [-0.4, -0.2) is 13.2 Å². The summed E-state index contributed by atoms with van der Waals surface area (Å²) in [7, 11) is 1.83. The molecule has 0 aromatic rings. The predicted octanol–water partition coefficient (Wildman–Crippen LogP) is 6.03. The molecule has 2 atom stereocenters. The number of ether oxygens (including phenoxy) is 1. The average Bonchev–Trinajstić information content (AvgIpc) is 3.53. The molecule has 0 N–H and O–H groups in total. The summed E-state index contributed by atoms with van der Waals surface area (Å²) in [6.45, 7) is 0. The summed E-state index contributed by atoms with van der Waals surface area (Å²) in [6, 6.07) is 0. The van der Waals surface area contributed by atoms with Crippen LogP contribution in [-0.2, 0) is 37.4 Å². The van der Waals surface area contributed by atoms with E-state index in [-0.39, 0.29) is 32.7 Å². The number of hydrogen-bond acceptors (Lipinski definition) is 1. The van der Waals surface area contributed by atoms with E-state index in [1.54, 1.807) is 38.5 Å². The Hall–Kier alpha value is 0.624. The normalized spacial score (nSPS) is 40.8. The van der Waals surface area contributed by atoms with Gasteiger partial charge in [-0.05, 0) is 94.3 Å². The van der Waals surface area contributed by atoms with E-state index in [0.29, 0.717) is 17.9 Å². The first-order chi connectivity index (χ1) is 12.3. The Morgan fingerprint density at radius 3 is 1.58 bits per heavy atom. The van der Waals surface area contributed by atoms with E-state index in [4.69, 9.17) is 4.74 Å². The Bertz CT molecular complexity index is 464. The zero-order chi connectivity index (χ0) is 17.1. The summed E-state index contributed by atoms with van der Waals surface area (Å²) in [4.78, 5) is 0. The van der Waals surface area contributed by atoms with E-state index >= 15 is 0 Å². The van der Waals surface area contributed by atoms with E-state index in [9.17, 15) is 0 Å². The maximum absolute atomic E-state index is 5.45. The predicted molar refractivity (Wildman–Crippen MR) is 104 cm³/mol. The van der Waals surface area contributed by atoms with Crippen molar-refractivity contribution in [2.75, 3.05) is 7.11 Å². The van der Waals surface area contributed by atoms with Gasteiger partial charge in [-0.2, -0.15) is 6.42 Å². The van der Waals surface area contributed by atoms with Gasteiger partial charge in [-0.15, -0.1) is 17.8 Å². The average molecular weight is 430 g/mol. The zero-order valence-corrected chi connectivity index (χ0v) is 19.6. The molecule has 1 nitrogen and oxygen atoms in total. The van der Waals surface area contributed by atoms with Gasteiger partial charge in [0, 0.05) is 51.8 Å². The summed E-state index contributed by atoms with van der Waals surface area (Å²) >= 11 is 0. The van der Waals surface area contributed by atoms with Gasteiger partial charge in [0.05, 0.1) is 0 Å². The fraction of sp³-hybridized carbons (Fsp3) is 0.875. The molecule has 4 fully saturated rings. The van der Waals surface area contributed by atoms with E-state index < -0.39 is 0 Å². The van der Waals surface area contributed by atoms with Crippen molar-refractivity contribution in [3.63, 3.8) is 0 Å². The SMILES string of the molecule is COC1C[CH-]C(C#CC2CCC(C3CCC(C4CC4)CC3)CC2)CC1.[Y]. The molecule has 143 valence electrons. The molecule has 0 spiro atoms. The minimum Gasteiger partial charge on any atom is -0.384 e. The first-order valence-corrected chi connectivity index (χ1v) is 11.2. The van der Waals surface area contributed by atoms with Crippen molar-refractivity contribution in [2.24, 2.45) is 35.5 Å². The van der Waals surface area contributed by atoms with Crippen molar-refractivity contribution in [1.82, 2.24) is 0 Å². The molecule has 1 radical (unpaired) electrons. The molecule has 0 amide bonds. The molecule has 2 heteroatoms. The van der Waals surface area contributed by atoms with Gasteiger partial charge < -0.3 is 11.2 Å². The second-order valence-electron chi connectivity index (χ2n) is 9.43. The van der Waals surface area contributed by atoms with Crippen molar-refractivity contribution in [3.8, 4) is 11.8 Å². The van der Waals surface area contributed by atoms with Crippen LogP contribution in [0, 0.1) is 53.8 Å². The van der Waals surface area contributed by atoms with Crippen LogP contribution >= 0.6 is 0 Å². The molecular weight excluding hydrogens is 393 g/mol. The molecule has 26 heavy (non-hydrogen) atoms. The standard InChI is InChI=1S/C24H37O.Y/c1-25-24-16-6-19(7-17-24)3-2-18-4-8-20(9-5-18)21-10-12-22(13-11-21)23-14-15-23;/h6,18-24H,4-5,7-17H2,1H3;/q-1;. The Kier molecular flexibility index (Phi) is 8.55. The van der Waals surface area contributed by atoms with E-state index in [1.807, 2.05) is 7.11 Å². The first-order valence-electron chi connectivity index (χ1n) is 11.2. The van der Waals surface area contributed by atoms with Crippen LogP contribution in [0.2, 0.25) is 0 Å². The minimum absolute atomic E-state index is 0. The van der Waals surface area contributed by atoms with Gasteiger partial charge in [0.2, 0.25) is 0 Å². The van der Waals surface area contributed by atoms with Crippen LogP contribution < -0.4 is 0 Å². The van der Waals surface area contributed by atoms with Crippen LogP contribution in [0.15, 0.2) is 0 Å². The van der Waals surface area contributed by atoms with E-state index in [0.717, 1.165) is 30.1 Å². The number of rotatable bonds is 3. The van der Waals surface area contributed by atoms with Crippen LogP contribution in [0.25, 0.3) is 0 Å². The third kappa shape index (κ3) is 5.81. The van der Waals surface area contributed by atoms with Gasteiger partial charge in [0.1, 0.15) is 0 Å². The topological polar surface area (TPSA) is 9.23 Å². The maximum Gasteiger partial charge on any atom is 0.0357 e. The Labute approximate surface area is 187 Å². The molecule has 4 saturated carbocycles. The summed E-state index contributed by atoms with van der Waals surface area (Å²) in [5.74, 6) is 12.8.